The largest absolute Gasteiger partial charge is 0.481 e. The third kappa shape index (κ3) is 21.4. The van der Waals surface area contributed by atoms with Gasteiger partial charge in [0.2, 0.25) is 0 Å². The zero-order valence-electron chi connectivity index (χ0n) is 37.8. The van der Waals surface area contributed by atoms with Gasteiger partial charge >= 0.3 is 11.9 Å². The first-order chi connectivity index (χ1) is 30.6. The molecule has 65 heavy (non-hydrogen) atoms. The highest BCUT2D eigenvalue weighted by atomic mass is 16.7. The number of cyclic esters (lactones) is 1. The number of Topliss-reactive ketones (excluding diaryl/α,β-unsaturated/α-hetero) is 1. The van der Waals surface area contributed by atoms with Gasteiger partial charge in [-0.3, -0.25) is 14.4 Å². The zero-order valence-corrected chi connectivity index (χ0v) is 37.8. The molecule has 0 bridgehead atoms. The molecule has 0 aromatic carbocycles. The predicted molar refractivity (Wildman–Crippen MR) is 238 cm³/mol. The molecule has 2 aliphatic rings. The van der Waals surface area contributed by atoms with Crippen molar-refractivity contribution in [2.24, 2.45) is 23.5 Å². The van der Waals surface area contributed by atoms with E-state index in [2.05, 4.69) is 0 Å². The van der Waals surface area contributed by atoms with E-state index < -0.39 is 147 Å². The number of carboxylic acid groups (broad SMARTS) is 1. The highest BCUT2D eigenvalue weighted by Gasteiger charge is 2.43. The fourth-order valence-electron chi connectivity index (χ4n) is 7.45. The van der Waals surface area contributed by atoms with Crippen LogP contribution in [-0.4, -0.2) is 166 Å². The van der Waals surface area contributed by atoms with E-state index in [0.717, 1.165) is 12.8 Å². The minimum atomic E-state index is -1.95. The summed E-state index contributed by atoms with van der Waals surface area (Å²) in [5.41, 5.74) is 5.96. The molecule has 13 N–H and O–H groups in total. The Morgan fingerprint density at radius 2 is 1.18 bits per heavy atom. The third-order valence-electron chi connectivity index (χ3n) is 11.7. The molecule has 0 aromatic rings. The van der Waals surface area contributed by atoms with Gasteiger partial charge in [-0.2, -0.15) is 0 Å². The van der Waals surface area contributed by atoms with Gasteiger partial charge in [-0.05, 0) is 52.4 Å². The van der Waals surface area contributed by atoms with Crippen molar-refractivity contribution in [1.29, 1.82) is 0 Å². The van der Waals surface area contributed by atoms with Gasteiger partial charge in [0, 0.05) is 31.1 Å². The molecule has 2 heterocycles. The molecule has 0 amide bonds. The Morgan fingerprint density at radius 1 is 0.615 bits per heavy atom. The van der Waals surface area contributed by atoms with Gasteiger partial charge in [-0.15, -0.1) is 0 Å². The molecular formula is C47H75NO17. The Balaban J connectivity index is 2.26. The number of aliphatic hydroxyl groups excluding tert-OH is 10. The molecule has 1 saturated heterocycles. The first kappa shape index (κ1) is 57.7. The van der Waals surface area contributed by atoms with Crippen LogP contribution >= 0.6 is 0 Å². The summed E-state index contributed by atoms with van der Waals surface area (Å²) < 4.78 is 17.0. The maximum Gasteiger partial charge on any atom is 0.311 e. The summed E-state index contributed by atoms with van der Waals surface area (Å²) in [6, 6.07) is -1.15. The van der Waals surface area contributed by atoms with E-state index in [9.17, 15) is 70.6 Å². The first-order valence-corrected chi connectivity index (χ1v) is 22.4. The van der Waals surface area contributed by atoms with E-state index in [1.165, 1.54) is 13.0 Å². The van der Waals surface area contributed by atoms with E-state index in [-0.39, 0.29) is 31.6 Å². The van der Waals surface area contributed by atoms with Crippen molar-refractivity contribution in [3.63, 3.8) is 0 Å². The molecule has 0 spiro atoms. The molecule has 1 fully saturated rings. The van der Waals surface area contributed by atoms with Crippen LogP contribution in [-0.2, 0) is 28.6 Å². The van der Waals surface area contributed by atoms with Crippen LogP contribution in [0.15, 0.2) is 72.9 Å². The molecule has 18 heteroatoms. The molecule has 18 nitrogen and oxygen atoms in total. The Labute approximate surface area is 381 Å². The van der Waals surface area contributed by atoms with Crippen molar-refractivity contribution in [3.05, 3.63) is 72.9 Å². The Kier molecular flexibility index (Phi) is 26.6. The Hall–Kier alpha value is -3.47. The number of carbonyl (C=O) groups excluding carboxylic acids is 2. The normalized spacial score (nSPS) is 42.5. The molecule has 14 unspecified atom stereocenters. The lowest BCUT2D eigenvalue weighted by atomic mass is 9.88. The maximum absolute atomic E-state index is 12.9. The van der Waals surface area contributed by atoms with Crippen LogP contribution in [0.5, 0.6) is 0 Å². The molecule has 0 saturated carbocycles. The number of hydrogen-bond acceptors (Lipinski definition) is 17. The van der Waals surface area contributed by atoms with E-state index >= 15 is 0 Å². The third-order valence-corrected chi connectivity index (χ3v) is 11.7. The van der Waals surface area contributed by atoms with Crippen LogP contribution in [0, 0.1) is 17.8 Å². The first-order valence-electron chi connectivity index (χ1n) is 22.4. The minimum Gasteiger partial charge on any atom is -0.481 e. The van der Waals surface area contributed by atoms with Crippen molar-refractivity contribution in [1.82, 2.24) is 0 Å². The molecule has 0 aliphatic carbocycles. The van der Waals surface area contributed by atoms with Gasteiger partial charge in [-0.25, -0.2) is 0 Å². The van der Waals surface area contributed by atoms with Crippen molar-refractivity contribution >= 4 is 17.7 Å². The maximum atomic E-state index is 12.9. The number of ether oxygens (including phenoxy) is 3. The molecule has 0 radical (unpaired) electrons. The van der Waals surface area contributed by atoms with E-state index in [4.69, 9.17) is 19.9 Å². The van der Waals surface area contributed by atoms with Crippen LogP contribution < -0.4 is 5.73 Å². The van der Waals surface area contributed by atoms with Gasteiger partial charge in [0.1, 0.15) is 23.9 Å². The van der Waals surface area contributed by atoms with E-state index in [1.807, 2.05) is 43.4 Å². The number of ketones is 1. The molecule has 0 aromatic heterocycles. The second kappa shape index (κ2) is 30.0. The number of carboxylic acids is 1. The summed E-state index contributed by atoms with van der Waals surface area (Å²) in [5, 5.41) is 116. The van der Waals surface area contributed by atoms with Crippen molar-refractivity contribution in [3.8, 4) is 0 Å². The second-order valence-electron chi connectivity index (χ2n) is 17.4. The molecule has 2 aliphatic heterocycles. The standard InChI is InChI=1S/C47H75NO17/c1-27-17-15-13-11-9-7-5-6-8-10-12-14-16-18-35(65-47-45(60)42(48)44(59)30(4)64-47)26-39(56)41(46(61)62)38(55)24-34(52)23-37(54)36(53)20-19-31(49)21-32(50)22-33(51)25-40(57)63-29(3)28(2)43(27)58/h5-6,8,10-18,27-33,35-39,41-45,47,49-51,53-56,58-60H,7,9,19-26,48H2,1-4H3,(H,61,62)/b6-5+,10-8+,13-11+,14-12+,17-15+,18-16+/t27?,28?,29?,30-,31?,32?,33?,35?,36?,37?,38?,39?,41?,42?,43?,44-,45+,47+/m1/s1. The van der Waals surface area contributed by atoms with Gasteiger partial charge in [0.25, 0.3) is 0 Å². The van der Waals surface area contributed by atoms with Gasteiger partial charge in [-0.1, -0.05) is 86.8 Å². The number of aliphatic carboxylic acids is 1. The Morgan fingerprint density at radius 3 is 1.83 bits per heavy atom. The summed E-state index contributed by atoms with van der Waals surface area (Å²) in [5.74, 6) is -5.88. The highest BCUT2D eigenvalue weighted by Crippen LogP contribution is 2.26. The monoisotopic (exact) mass is 926 g/mol. The van der Waals surface area contributed by atoms with Gasteiger partial charge in [0.15, 0.2) is 6.29 Å². The van der Waals surface area contributed by atoms with Crippen LogP contribution in [0.3, 0.4) is 0 Å². The quantitative estimate of drug-likeness (QED) is 0.174. The number of allylic oxidation sites excluding steroid dienone is 10. The van der Waals surface area contributed by atoms with Crippen LogP contribution in [0.2, 0.25) is 0 Å². The summed E-state index contributed by atoms with van der Waals surface area (Å²) in [4.78, 5) is 37.8. The summed E-state index contributed by atoms with van der Waals surface area (Å²) in [7, 11) is 0. The average Bonchev–Trinajstić information content (AvgIpc) is 3.22. The lowest BCUT2D eigenvalue weighted by Gasteiger charge is -2.41. The van der Waals surface area contributed by atoms with Gasteiger partial charge < -0.3 is 76.1 Å². The fourth-order valence-corrected chi connectivity index (χ4v) is 7.45. The van der Waals surface area contributed by atoms with Crippen LogP contribution in [0.25, 0.3) is 0 Å². The van der Waals surface area contributed by atoms with Crippen molar-refractivity contribution in [2.45, 2.75) is 184 Å². The van der Waals surface area contributed by atoms with Crippen molar-refractivity contribution in [2.75, 3.05) is 0 Å². The number of hydrogen-bond donors (Lipinski definition) is 12. The van der Waals surface area contributed by atoms with Crippen LogP contribution in [0.4, 0.5) is 0 Å². The summed E-state index contributed by atoms with van der Waals surface area (Å²) >= 11 is 0. The lowest BCUT2D eigenvalue weighted by Crippen LogP contribution is -2.61. The molecule has 18 atom stereocenters. The summed E-state index contributed by atoms with van der Waals surface area (Å²) in [6.07, 6.45) is 0.848. The highest BCUT2D eigenvalue weighted by molar-refractivity contribution is 5.81. The number of aliphatic hydroxyl groups is 10. The zero-order chi connectivity index (χ0) is 48.8. The van der Waals surface area contributed by atoms with Crippen LogP contribution in [0.1, 0.15) is 91.9 Å². The number of carbonyl (C=O) groups is 3. The Bertz CT molecular complexity index is 1600. The minimum absolute atomic E-state index is 0.144. The predicted octanol–water partition coefficient (Wildman–Crippen LogP) is 0.778. The molecular weight excluding hydrogens is 851 g/mol. The SMILES string of the molecule is CC1/C=C/C=C/CC/C=C/C=C/C=C/C=C/C(O[C@@H]2O[C@H](C)[C@@H](O)C(N)[C@@H]2O)CC(O)C(C(=O)O)C(O)CC(=O)CC(O)C(O)CCC(O)CC(O)CC(O)CC(=O)OC(C)C(C)C1O. The molecule has 2 rings (SSSR count). The summed E-state index contributed by atoms with van der Waals surface area (Å²) in [6.45, 7) is 6.73. The van der Waals surface area contributed by atoms with Gasteiger partial charge in [0.05, 0.1) is 79.6 Å². The van der Waals surface area contributed by atoms with E-state index in [0.29, 0.717) is 0 Å². The van der Waals surface area contributed by atoms with Crippen molar-refractivity contribution < 1.29 is 84.8 Å². The fraction of sp³-hybridized carbons (Fsp3) is 0.681. The number of esters is 1. The lowest BCUT2D eigenvalue weighted by molar-refractivity contribution is -0.277. The topological polar surface area (TPSA) is 327 Å². The smallest absolute Gasteiger partial charge is 0.311 e. The second-order valence-corrected chi connectivity index (χ2v) is 17.4. The number of nitrogens with two attached hydrogens (primary N) is 1. The van der Waals surface area contributed by atoms with E-state index in [1.54, 1.807) is 44.2 Å². The average molecular weight is 926 g/mol. The number of rotatable bonds is 3. The molecule has 370 valence electrons.